The highest BCUT2D eigenvalue weighted by molar-refractivity contribution is 7.22. The third kappa shape index (κ3) is 4.34. The lowest BCUT2D eigenvalue weighted by Crippen LogP contribution is -2.31. The molecule has 150 valence electrons. The molecule has 1 saturated heterocycles. The number of likely N-dealkylation sites (tertiary alicyclic amines) is 1. The summed E-state index contributed by atoms with van der Waals surface area (Å²) in [7, 11) is 0. The van der Waals surface area contributed by atoms with E-state index in [0.29, 0.717) is 24.0 Å². The molecule has 0 bridgehead atoms. The van der Waals surface area contributed by atoms with E-state index in [-0.39, 0.29) is 18.9 Å². The molecule has 2 amide bonds. The Morgan fingerprint density at radius 1 is 1.34 bits per heavy atom. The van der Waals surface area contributed by atoms with E-state index < -0.39 is 12.1 Å². The monoisotopic (exact) mass is 414 g/mol. The molecule has 1 unspecified atom stereocenters. The molecule has 0 spiro atoms. The second kappa shape index (κ2) is 8.12. The predicted molar refractivity (Wildman–Crippen MR) is 109 cm³/mol. The second-order valence-corrected chi connectivity index (χ2v) is 7.75. The maximum absolute atomic E-state index is 13.3. The van der Waals surface area contributed by atoms with Crippen molar-refractivity contribution in [2.24, 2.45) is 0 Å². The number of anilines is 1. The van der Waals surface area contributed by atoms with Crippen molar-refractivity contribution in [3.8, 4) is 16.9 Å². The molecule has 1 aliphatic heterocycles. The first-order valence-corrected chi connectivity index (χ1v) is 10.0. The number of pyridine rings is 1. The third-order valence-corrected chi connectivity index (χ3v) is 5.51. The van der Waals surface area contributed by atoms with Crippen LogP contribution >= 0.6 is 11.3 Å². The van der Waals surface area contributed by atoms with Crippen molar-refractivity contribution in [1.29, 1.82) is 0 Å². The van der Waals surface area contributed by atoms with Crippen molar-refractivity contribution in [2.45, 2.75) is 19.5 Å². The van der Waals surface area contributed by atoms with E-state index in [0.717, 1.165) is 21.3 Å². The van der Waals surface area contributed by atoms with Gasteiger partial charge in [0.1, 0.15) is 12.4 Å². The number of thiazole rings is 1. The summed E-state index contributed by atoms with van der Waals surface area (Å²) in [6.07, 6.45) is 2.21. The zero-order chi connectivity index (χ0) is 20.4. The van der Waals surface area contributed by atoms with E-state index in [1.807, 2.05) is 24.3 Å². The minimum atomic E-state index is -1.38. The zero-order valence-corrected chi connectivity index (χ0v) is 16.5. The number of benzene rings is 1. The molecular weight excluding hydrogens is 395 g/mol. The lowest BCUT2D eigenvalue weighted by molar-refractivity contribution is -0.132. The number of carbonyl (C=O) groups excluding carboxylic acids is 2. The average Bonchev–Trinajstić information content (AvgIpc) is 3.24. The minimum Gasteiger partial charge on any atom is -0.490 e. The molecule has 1 aliphatic rings. The number of hydrogen-bond donors (Lipinski definition) is 1. The third-order valence-electron chi connectivity index (χ3n) is 4.58. The summed E-state index contributed by atoms with van der Waals surface area (Å²) in [6.45, 7) is 2.50. The highest BCUT2D eigenvalue weighted by Gasteiger charge is 2.30. The maximum Gasteiger partial charge on any atom is 0.257 e. The van der Waals surface area contributed by atoms with Gasteiger partial charge in [-0.3, -0.25) is 14.6 Å². The van der Waals surface area contributed by atoms with Gasteiger partial charge < -0.3 is 15.0 Å². The molecule has 0 aliphatic carbocycles. The fourth-order valence-electron chi connectivity index (χ4n) is 3.16. The van der Waals surface area contributed by atoms with Crippen LogP contribution in [0.2, 0.25) is 0 Å². The minimum absolute atomic E-state index is 0.156. The van der Waals surface area contributed by atoms with Crippen molar-refractivity contribution in [3.63, 3.8) is 0 Å². The van der Waals surface area contributed by atoms with Crippen molar-refractivity contribution < 1.29 is 18.7 Å². The SMILES string of the molecule is CC(=O)Nc1nc2ccc(-c3cncc(OCCN4CCC(F)C4=O)c3)cc2s1. The van der Waals surface area contributed by atoms with Crippen LogP contribution in [0, 0.1) is 0 Å². The van der Waals surface area contributed by atoms with Crippen LogP contribution in [0.1, 0.15) is 13.3 Å². The van der Waals surface area contributed by atoms with Gasteiger partial charge in [0.2, 0.25) is 5.91 Å². The zero-order valence-electron chi connectivity index (χ0n) is 15.7. The first-order chi connectivity index (χ1) is 14.0. The Morgan fingerprint density at radius 2 is 2.21 bits per heavy atom. The second-order valence-electron chi connectivity index (χ2n) is 6.72. The molecule has 4 rings (SSSR count). The molecule has 3 heterocycles. The molecule has 0 radical (unpaired) electrons. The van der Waals surface area contributed by atoms with E-state index in [4.69, 9.17) is 4.74 Å². The molecule has 2 aromatic heterocycles. The number of alkyl halides is 1. The number of amides is 2. The van der Waals surface area contributed by atoms with Gasteiger partial charge in [-0.2, -0.15) is 0 Å². The Morgan fingerprint density at radius 3 is 2.97 bits per heavy atom. The first kappa shape index (κ1) is 19.3. The summed E-state index contributed by atoms with van der Waals surface area (Å²) < 4.78 is 19.9. The van der Waals surface area contributed by atoms with Crippen LogP contribution < -0.4 is 10.1 Å². The smallest absolute Gasteiger partial charge is 0.257 e. The van der Waals surface area contributed by atoms with Crippen molar-refractivity contribution >= 4 is 38.5 Å². The molecule has 9 heteroatoms. The van der Waals surface area contributed by atoms with Crippen LogP contribution in [-0.4, -0.2) is 52.6 Å². The number of aromatic nitrogens is 2. The van der Waals surface area contributed by atoms with E-state index in [1.165, 1.54) is 23.2 Å². The Labute approximate surface area is 170 Å². The van der Waals surface area contributed by atoms with Crippen LogP contribution in [0.15, 0.2) is 36.7 Å². The normalized spacial score (nSPS) is 16.4. The molecule has 3 aromatic rings. The Hall–Kier alpha value is -3.07. The fraction of sp³-hybridized carbons (Fsp3) is 0.300. The molecule has 1 atom stereocenters. The lowest BCUT2D eigenvalue weighted by Gasteiger charge is -2.15. The van der Waals surface area contributed by atoms with Gasteiger partial charge in [0.25, 0.3) is 5.91 Å². The lowest BCUT2D eigenvalue weighted by atomic mass is 10.1. The average molecular weight is 414 g/mol. The van der Waals surface area contributed by atoms with Crippen LogP contribution in [0.25, 0.3) is 21.3 Å². The van der Waals surface area contributed by atoms with Gasteiger partial charge in [-0.05, 0) is 23.8 Å². The summed E-state index contributed by atoms with van der Waals surface area (Å²) >= 11 is 1.40. The Balaban J connectivity index is 1.45. The number of halogens is 1. The molecule has 7 nitrogen and oxygen atoms in total. The molecule has 1 aromatic carbocycles. The number of fused-ring (bicyclic) bond motifs is 1. The Kier molecular flexibility index (Phi) is 5.39. The molecule has 1 fully saturated rings. The van der Waals surface area contributed by atoms with Gasteiger partial charge in [-0.15, -0.1) is 0 Å². The van der Waals surface area contributed by atoms with Crippen molar-refractivity contribution in [1.82, 2.24) is 14.9 Å². The predicted octanol–water partition coefficient (Wildman–Crippen LogP) is 3.27. The van der Waals surface area contributed by atoms with Crippen LogP contribution in [0.4, 0.5) is 9.52 Å². The van der Waals surface area contributed by atoms with Crippen LogP contribution in [0.5, 0.6) is 5.75 Å². The number of nitrogens with zero attached hydrogens (tertiary/aromatic N) is 3. The van der Waals surface area contributed by atoms with Gasteiger partial charge in [-0.1, -0.05) is 17.4 Å². The maximum atomic E-state index is 13.3. The molecule has 29 heavy (non-hydrogen) atoms. The van der Waals surface area contributed by atoms with Gasteiger partial charge in [0.15, 0.2) is 11.3 Å². The Bertz CT molecular complexity index is 1070. The standard InChI is InChI=1S/C20H19FN4O3S/c1-12(26)23-20-24-17-3-2-13(9-18(17)29-20)14-8-15(11-22-10-14)28-7-6-25-5-4-16(21)19(25)27/h2-3,8-11,16H,4-7H2,1H3,(H,23,24,26). The topological polar surface area (TPSA) is 84.4 Å². The number of ether oxygens (including phenoxy) is 1. The van der Waals surface area contributed by atoms with E-state index >= 15 is 0 Å². The van der Waals surface area contributed by atoms with Crippen LogP contribution in [-0.2, 0) is 9.59 Å². The number of carbonyl (C=O) groups is 2. The van der Waals surface area contributed by atoms with Crippen molar-refractivity contribution in [3.05, 3.63) is 36.7 Å². The van der Waals surface area contributed by atoms with Gasteiger partial charge in [-0.25, -0.2) is 9.37 Å². The van der Waals surface area contributed by atoms with Gasteiger partial charge in [0.05, 0.1) is 23.0 Å². The summed E-state index contributed by atoms with van der Waals surface area (Å²) in [6, 6.07) is 7.69. The van der Waals surface area contributed by atoms with E-state index in [9.17, 15) is 14.0 Å². The summed E-state index contributed by atoms with van der Waals surface area (Å²) in [5, 5.41) is 3.26. The quantitative estimate of drug-likeness (QED) is 0.669. The molecule has 1 N–H and O–H groups in total. The van der Waals surface area contributed by atoms with Gasteiger partial charge >= 0.3 is 0 Å². The number of rotatable bonds is 6. The van der Waals surface area contributed by atoms with Crippen molar-refractivity contribution in [2.75, 3.05) is 25.0 Å². The van der Waals surface area contributed by atoms with Gasteiger partial charge in [0, 0.05) is 31.6 Å². The van der Waals surface area contributed by atoms with Crippen LogP contribution in [0.3, 0.4) is 0 Å². The summed E-state index contributed by atoms with van der Waals surface area (Å²) in [5.41, 5.74) is 2.63. The molecule has 0 saturated carbocycles. The van der Waals surface area contributed by atoms with E-state index in [2.05, 4.69) is 15.3 Å². The summed E-state index contributed by atoms with van der Waals surface area (Å²) in [4.78, 5) is 32.9. The first-order valence-electron chi connectivity index (χ1n) is 9.19. The highest BCUT2D eigenvalue weighted by atomic mass is 32.1. The molecular formula is C20H19FN4O3S. The summed E-state index contributed by atoms with van der Waals surface area (Å²) in [5.74, 6) is -0.0396. The number of nitrogens with one attached hydrogen (secondary N) is 1. The highest BCUT2D eigenvalue weighted by Crippen LogP contribution is 2.31. The number of hydrogen-bond acceptors (Lipinski definition) is 6. The fourth-order valence-corrected chi connectivity index (χ4v) is 4.11. The largest absolute Gasteiger partial charge is 0.490 e. The van der Waals surface area contributed by atoms with E-state index in [1.54, 1.807) is 12.4 Å².